The van der Waals surface area contributed by atoms with E-state index in [1.807, 2.05) is 0 Å². The van der Waals surface area contributed by atoms with Crippen LogP contribution in [0.15, 0.2) is 48.1 Å². The van der Waals surface area contributed by atoms with Gasteiger partial charge < -0.3 is 11.5 Å². The van der Waals surface area contributed by atoms with Gasteiger partial charge in [-0.3, -0.25) is 0 Å². The van der Waals surface area contributed by atoms with E-state index >= 15 is 0 Å². The Morgan fingerprint density at radius 2 is 2.00 bits per heavy atom. The van der Waals surface area contributed by atoms with Gasteiger partial charge in [0.25, 0.3) is 0 Å². The molecular formula is C24H36N2. The summed E-state index contributed by atoms with van der Waals surface area (Å²) >= 11 is 0. The van der Waals surface area contributed by atoms with Crippen LogP contribution < -0.4 is 11.5 Å². The quantitative estimate of drug-likeness (QED) is 0.696. The molecule has 0 aromatic heterocycles. The largest absolute Gasteiger partial charge is 0.327 e. The third kappa shape index (κ3) is 2.12. The van der Waals surface area contributed by atoms with Gasteiger partial charge in [-0.1, -0.05) is 57.7 Å². The molecule has 4 N–H and O–H groups in total. The van der Waals surface area contributed by atoms with Crippen LogP contribution in [0.5, 0.6) is 0 Å². The molecule has 0 saturated heterocycles. The van der Waals surface area contributed by atoms with Gasteiger partial charge in [0, 0.05) is 12.0 Å². The molecule has 7 atom stereocenters. The Hall–Kier alpha value is -1.12. The van der Waals surface area contributed by atoms with E-state index in [0.717, 1.165) is 24.8 Å². The fourth-order valence-corrected chi connectivity index (χ4v) is 7.45. The van der Waals surface area contributed by atoms with Crippen molar-refractivity contribution in [2.24, 2.45) is 40.1 Å². The Morgan fingerprint density at radius 1 is 1.27 bits per heavy atom. The Kier molecular flexibility index (Phi) is 3.99. The summed E-state index contributed by atoms with van der Waals surface area (Å²) in [7, 11) is 0. The van der Waals surface area contributed by atoms with Gasteiger partial charge in [0.2, 0.25) is 0 Å². The topological polar surface area (TPSA) is 52.0 Å². The van der Waals surface area contributed by atoms with Crippen molar-refractivity contribution in [3.63, 3.8) is 0 Å². The minimum Gasteiger partial charge on any atom is -0.327 e. The maximum absolute atomic E-state index is 7.15. The van der Waals surface area contributed by atoms with Gasteiger partial charge in [-0.05, 0) is 72.3 Å². The van der Waals surface area contributed by atoms with Gasteiger partial charge in [-0.25, -0.2) is 0 Å². The first-order valence-corrected chi connectivity index (χ1v) is 10.5. The van der Waals surface area contributed by atoms with Crippen LogP contribution in [0, 0.1) is 28.6 Å². The Morgan fingerprint density at radius 3 is 2.69 bits per heavy atom. The second kappa shape index (κ2) is 5.69. The lowest BCUT2D eigenvalue weighted by Gasteiger charge is -2.63. The van der Waals surface area contributed by atoms with E-state index in [-0.39, 0.29) is 22.4 Å². The Bertz CT molecular complexity index is 716. The number of fused-ring (bicyclic) bond motifs is 5. The lowest BCUT2D eigenvalue weighted by atomic mass is 9.43. The van der Waals surface area contributed by atoms with Crippen molar-refractivity contribution >= 4 is 0 Å². The van der Waals surface area contributed by atoms with Crippen LogP contribution >= 0.6 is 0 Å². The summed E-state index contributed by atoms with van der Waals surface area (Å²) in [5.41, 5.74) is 17.8. The second-order valence-electron chi connectivity index (χ2n) is 10.0. The number of allylic oxidation sites excluding steroid dienone is 3. The van der Waals surface area contributed by atoms with Gasteiger partial charge in [-0.2, -0.15) is 0 Å². The molecule has 26 heavy (non-hydrogen) atoms. The fourth-order valence-electron chi connectivity index (χ4n) is 7.45. The van der Waals surface area contributed by atoms with E-state index in [2.05, 4.69) is 52.2 Å². The van der Waals surface area contributed by atoms with E-state index in [0.29, 0.717) is 17.8 Å². The zero-order valence-electron chi connectivity index (χ0n) is 16.9. The molecule has 3 fully saturated rings. The highest BCUT2D eigenvalue weighted by Gasteiger charge is 2.65. The average Bonchev–Trinajstić information content (AvgIpc) is 2.86. The smallest absolute Gasteiger partial charge is 0.0618 e. The monoisotopic (exact) mass is 352 g/mol. The van der Waals surface area contributed by atoms with Crippen molar-refractivity contribution in [3.05, 3.63) is 48.1 Å². The minimum atomic E-state index is -0.317. The highest BCUT2D eigenvalue weighted by molar-refractivity contribution is 5.48. The first-order chi connectivity index (χ1) is 12.2. The molecule has 2 heteroatoms. The van der Waals surface area contributed by atoms with Crippen molar-refractivity contribution < 1.29 is 0 Å². The summed E-state index contributed by atoms with van der Waals surface area (Å²) in [5.74, 6) is 1.76. The van der Waals surface area contributed by atoms with Gasteiger partial charge in [0.05, 0.1) is 5.54 Å². The third-order valence-electron chi connectivity index (χ3n) is 9.01. The molecule has 0 aromatic carbocycles. The number of nitrogens with two attached hydrogens (primary N) is 2. The summed E-state index contributed by atoms with van der Waals surface area (Å²) in [5, 5.41) is 0. The van der Waals surface area contributed by atoms with Gasteiger partial charge in [-0.15, -0.1) is 0 Å². The van der Waals surface area contributed by atoms with E-state index in [4.69, 9.17) is 11.5 Å². The lowest BCUT2D eigenvalue weighted by Crippen LogP contribution is -2.64. The van der Waals surface area contributed by atoms with Crippen molar-refractivity contribution in [1.29, 1.82) is 0 Å². The first kappa shape index (κ1) is 18.3. The van der Waals surface area contributed by atoms with Gasteiger partial charge in [0.15, 0.2) is 0 Å². The van der Waals surface area contributed by atoms with Crippen LogP contribution in [0.1, 0.15) is 59.3 Å². The van der Waals surface area contributed by atoms with E-state index in [9.17, 15) is 0 Å². The van der Waals surface area contributed by atoms with Crippen LogP contribution in [0.25, 0.3) is 0 Å². The van der Waals surface area contributed by atoms with E-state index in [1.54, 1.807) is 0 Å². The Balaban J connectivity index is 1.75. The minimum absolute atomic E-state index is 0.112. The van der Waals surface area contributed by atoms with E-state index < -0.39 is 0 Å². The Labute approximate surface area is 159 Å². The molecule has 3 saturated carbocycles. The molecule has 0 aromatic rings. The second-order valence-corrected chi connectivity index (χ2v) is 10.0. The van der Waals surface area contributed by atoms with Gasteiger partial charge in [0.1, 0.15) is 0 Å². The van der Waals surface area contributed by atoms with Crippen molar-refractivity contribution in [1.82, 2.24) is 0 Å². The van der Waals surface area contributed by atoms with Crippen molar-refractivity contribution in [2.45, 2.75) is 70.9 Å². The number of hydrogen-bond acceptors (Lipinski definition) is 2. The fraction of sp³-hybridized carbons (Fsp3) is 0.667. The van der Waals surface area contributed by atoms with Crippen LogP contribution in [0.3, 0.4) is 0 Å². The molecule has 4 aliphatic carbocycles. The first-order valence-electron chi connectivity index (χ1n) is 10.5. The molecule has 0 amide bonds. The molecule has 0 aliphatic heterocycles. The van der Waals surface area contributed by atoms with E-state index in [1.165, 1.54) is 30.4 Å². The summed E-state index contributed by atoms with van der Waals surface area (Å²) in [6.45, 7) is 15.7. The molecule has 142 valence electrons. The summed E-state index contributed by atoms with van der Waals surface area (Å²) < 4.78 is 0. The molecule has 2 nitrogen and oxygen atoms in total. The number of hydrogen-bond donors (Lipinski definition) is 2. The van der Waals surface area contributed by atoms with Crippen molar-refractivity contribution in [3.8, 4) is 0 Å². The van der Waals surface area contributed by atoms with Crippen LogP contribution in [-0.2, 0) is 0 Å². The van der Waals surface area contributed by atoms with Crippen LogP contribution in [0.4, 0.5) is 0 Å². The zero-order valence-corrected chi connectivity index (χ0v) is 16.9. The molecule has 4 rings (SSSR count). The predicted molar refractivity (Wildman–Crippen MR) is 110 cm³/mol. The highest BCUT2D eigenvalue weighted by atomic mass is 14.9. The highest BCUT2D eigenvalue weighted by Crippen LogP contribution is 2.68. The zero-order chi connectivity index (χ0) is 18.9. The molecule has 0 bridgehead atoms. The average molecular weight is 353 g/mol. The maximum atomic E-state index is 7.15. The summed E-state index contributed by atoms with van der Waals surface area (Å²) in [6, 6.07) is 0.257. The predicted octanol–water partition coefficient (Wildman–Crippen LogP) is 4.88. The summed E-state index contributed by atoms with van der Waals surface area (Å²) in [4.78, 5) is 0. The third-order valence-corrected chi connectivity index (χ3v) is 9.01. The molecule has 0 radical (unpaired) electrons. The molecular weight excluding hydrogens is 316 g/mol. The number of rotatable bonds is 2. The van der Waals surface area contributed by atoms with Gasteiger partial charge >= 0.3 is 0 Å². The maximum Gasteiger partial charge on any atom is 0.0618 e. The molecule has 5 unspecified atom stereocenters. The van der Waals surface area contributed by atoms with Crippen LogP contribution in [-0.4, -0.2) is 11.6 Å². The van der Waals surface area contributed by atoms with Crippen molar-refractivity contribution in [2.75, 3.05) is 0 Å². The standard InChI is InChI=1S/C24H36N2/c1-6-16(3)21-20(25)14-19-18-8-7-17-13-15(2)9-10-24(17,26)23(18,5)12-11-22(19,21)4/h9-10,13,18-21H,2-3,6-8,11-12,14,25-26H2,1,4-5H3/t18-,19?,20?,21?,22?,23-,24?/m0/s1. The lowest BCUT2D eigenvalue weighted by molar-refractivity contribution is -0.0731. The SMILES string of the molecule is C=C1C=CC2(N)C(=C1)CC[C@H]1C3CC(N)C(C(=C)CC)C3(C)CC[C@@]12C. The normalized spacial score (nSPS) is 49.9. The molecule has 4 aliphatic rings. The molecule has 0 spiro atoms. The summed E-state index contributed by atoms with van der Waals surface area (Å²) in [6.07, 6.45) is 13.5. The molecule has 0 heterocycles. The van der Waals surface area contributed by atoms with Crippen LogP contribution in [0.2, 0.25) is 0 Å².